The van der Waals surface area contributed by atoms with Crippen molar-refractivity contribution in [3.8, 4) is 11.5 Å². The highest BCUT2D eigenvalue weighted by Gasteiger charge is 2.19. The molecule has 0 spiro atoms. The molecule has 1 aromatic heterocycles. The normalized spacial score (nSPS) is 14.4. The standard InChI is InChI=1S/C25H29BrN4O3/c1-16(2)24-28-20-9-8-18(26)13-19(20)25(31)30(24)27-15-17-12-23(33-4)21(14-22(17)32-3)29-10-6-5-7-11-29/h8-9,12-16H,5-7,10-11H2,1-4H3. The number of methoxy groups -OCH3 is 2. The highest BCUT2D eigenvalue weighted by atomic mass is 79.9. The van der Waals surface area contributed by atoms with E-state index in [2.05, 4.69) is 25.9 Å². The van der Waals surface area contributed by atoms with Crippen LogP contribution in [-0.4, -0.2) is 43.2 Å². The van der Waals surface area contributed by atoms with Gasteiger partial charge in [-0.3, -0.25) is 4.79 Å². The smallest absolute Gasteiger partial charge is 0.282 e. The van der Waals surface area contributed by atoms with Crippen LogP contribution in [0.2, 0.25) is 0 Å². The van der Waals surface area contributed by atoms with E-state index >= 15 is 0 Å². The fourth-order valence-electron chi connectivity index (χ4n) is 4.16. The molecule has 174 valence electrons. The third kappa shape index (κ3) is 4.76. The number of ether oxygens (including phenoxy) is 2. The molecule has 0 bridgehead atoms. The number of halogens is 1. The molecule has 0 unspecified atom stereocenters. The van der Waals surface area contributed by atoms with Gasteiger partial charge in [-0.1, -0.05) is 29.8 Å². The van der Waals surface area contributed by atoms with Gasteiger partial charge < -0.3 is 14.4 Å². The minimum Gasteiger partial charge on any atom is -0.496 e. The van der Waals surface area contributed by atoms with Gasteiger partial charge in [-0.2, -0.15) is 9.78 Å². The van der Waals surface area contributed by atoms with Gasteiger partial charge in [-0.05, 0) is 43.5 Å². The Balaban J connectivity index is 1.81. The Bertz CT molecular complexity index is 1250. The largest absolute Gasteiger partial charge is 0.496 e. The molecule has 1 saturated heterocycles. The number of hydrogen-bond acceptors (Lipinski definition) is 6. The van der Waals surface area contributed by atoms with Crippen LogP contribution in [-0.2, 0) is 0 Å². The summed E-state index contributed by atoms with van der Waals surface area (Å²) in [5.74, 6) is 2.05. The van der Waals surface area contributed by atoms with Gasteiger partial charge >= 0.3 is 0 Å². The summed E-state index contributed by atoms with van der Waals surface area (Å²) >= 11 is 3.44. The van der Waals surface area contributed by atoms with Crippen molar-refractivity contribution in [2.24, 2.45) is 5.10 Å². The molecule has 0 amide bonds. The Morgan fingerprint density at radius 1 is 1.06 bits per heavy atom. The lowest BCUT2D eigenvalue weighted by Gasteiger charge is -2.30. The first-order valence-corrected chi connectivity index (χ1v) is 12.0. The van der Waals surface area contributed by atoms with E-state index in [4.69, 9.17) is 14.5 Å². The van der Waals surface area contributed by atoms with E-state index in [9.17, 15) is 4.79 Å². The summed E-state index contributed by atoms with van der Waals surface area (Å²) in [6.07, 6.45) is 5.23. The van der Waals surface area contributed by atoms with Crippen LogP contribution in [0.25, 0.3) is 10.9 Å². The van der Waals surface area contributed by atoms with Crippen molar-refractivity contribution in [2.45, 2.75) is 39.0 Å². The van der Waals surface area contributed by atoms with Gasteiger partial charge in [0.2, 0.25) is 0 Å². The monoisotopic (exact) mass is 512 g/mol. The molecule has 0 N–H and O–H groups in total. The predicted molar refractivity (Wildman–Crippen MR) is 136 cm³/mol. The molecular weight excluding hydrogens is 484 g/mol. The van der Waals surface area contributed by atoms with E-state index in [0.717, 1.165) is 34.6 Å². The summed E-state index contributed by atoms with van der Waals surface area (Å²) < 4.78 is 13.6. The molecule has 1 aliphatic rings. The zero-order chi connectivity index (χ0) is 23.5. The van der Waals surface area contributed by atoms with Gasteiger partial charge in [0.15, 0.2) is 0 Å². The van der Waals surface area contributed by atoms with Crippen LogP contribution >= 0.6 is 15.9 Å². The van der Waals surface area contributed by atoms with Crippen LogP contribution in [0.3, 0.4) is 0 Å². The summed E-state index contributed by atoms with van der Waals surface area (Å²) in [6.45, 7) is 5.99. The van der Waals surface area contributed by atoms with E-state index < -0.39 is 0 Å². The predicted octanol–water partition coefficient (Wildman–Crippen LogP) is 5.17. The number of rotatable bonds is 6. The molecule has 7 nitrogen and oxygen atoms in total. The lowest BCUT2D eigenvalue weighted by atomic mass is 10.1. The summed E-state index contributed by atoms with van der Waals surface area (Å²) in [6, 6.07) is 9.41. The van der Waals surface area contributed by atoms with Crippen molar-refractivity contribution in [3.63, 3.8) is 0 Å². The number of fused-ring (bicyclic) bond motifs is 1. The Hall–Kier alpha value is -2.87. The zero-order valence-electron chi connectivity index (χ0n) is 19.5. The minimum absolute atomic E-state index is 0.0146. The van der Waals surface area contributed by atoms with Crippen molar-refractivity contribution in [2.75, 3.05) is 32.2 Å². The number of aromatic nitrogens is 2. The average Bonchev–Trinajstić information content (AvgIpc) is 2.83. The SMILES string of the molecule is COc1cc(N2CCCCC2)c(OC)cc1C=Nn1c(C(C)C)nc2ccc(Br)cc2c1=O. The quantitative estimate of drug-likeness (QED) is 0.426. The van der Waals surface area contributed by atoms with Gasteiger partial charge in [-0.25, -0.2) is 4.98 Å². The number of benzene rings is 2. The highest BCUT2D eigenvalue weighted by Crippen LogP contribution is 2.36. The second-order valence-electron chi connectivity index (χ2n) is 8.46. The van der Waals surface area contributed by atoms with Crippen molar-refractivity contribution in [1.82, 2.24) is 9.66 Å². The number of anilines is 1. The molecular formula is C25H29BrN4O3. The van der Waals surface area contributed by atoms with Crippen molar-refractivity contribution >= 4 is 38.7 Å². The molecule has 8 heteroatoms. The lowest BCUT2D eigenvalue weighted by Crippen LogP contribution is -2.29. The van der Waals surface area contributed by atoms with E-state index in [1.807, 2.05) is 38.1 Å². The molecule has 0 aliphatic carbocycles. The average molecular weight is 513 g/mol. The van der Waals surface area contributed by atoms with Crippen LogP contribution in [0.15, 0.2) is 44.7 Å². The van der Waals surface area contributed by atoms with E-state index in [1.54, 1.807) is 26.5 Å². The third-order valence-electron chi connectivity index (χ3n) is 5.89. The topological polar surface area (TPSA) is 69.0 Å². The van der Waals surface area contributed by atoms with Gasteiger partial charge in [0.1, 0.15) is 17.3 Å². The molecule has 2 heterocycles. The maximum absolute atomic E-state index is 13.3. The maximum Gasteiger partial charge on any atom is 0.282 e. The second kappa shape index (κ2) is 9.95. The first-order chi connectivity index (χ1) is 15.9. The fraction of sp³-hybridized carbons (Fsp3) is 0.400. The van der Waals surface area contributed by atoms with Gasteiger partial charge in [-0.15, -0.1) is 0 Å². The molecule has 33 heavy (non-hydrogen) atoms. The number of hydrogen-bond donors (Lipinski definition) is 0. The Kier molecular flexibility index (Phi) is 7.02. The van der Waals surface area contributed by atoms with Crippen LogP contribution in [0.4, 0.5) is 5.69 Å². The van der Waals surface area contributed by atoms with Crippen molar-refractivity contribution in [3.05, 3.63) is 56.5 Å². The van der Waals surface area contributed by atoms with Crippen LogP contribution in [0, 0.1) is 0 Å². The molecule has 2 aromatic carbocycles. The second-order valence-corrected chi connectivity index (χ2v) is 9.38. The van der Waals surface area contributed by atoms with Gasteiger partial charge in [0.25, 0.3) is 5.56 Å². The molecule has 0 saturated carbocycles. The van der Waals surface area contributed by atoms with Crippen LogP contribution < -0.4 is 19.9 Å². The Morgan fingerprint density at radius 3 is 2.45 bits per heavy atom. The van der Waals surface area contributed by atoms with Crippen LogP contribution in [0.5, 0.6) is 11.5 Å². The van der Waals surface area contributed by atoms with E-state index in [1.165, 1.54) is 23.9 Å². The van der Waals surface area contributed by atoms with Crippen LogP contribution in [0.1, 0.15) is 50.4 Å². The highest BCUT2D eigenvalue weighted by molar-refractivity contribution is 9.10. The lowest BCUT2D eigenvalue weighted by molar-refractivity contribution is 0.401. The summed E-state index contributed by atoms with van der Waals surface area (Å²) in [7, 11) is 3.31. The minimum atomic E-state index is -0.211. The molecule has 1 fully saturated rings. The molecule has 3 aromatic rings. The first-order valence-electron chi connectivity index (χ1n) is 11.2. The van der Waals surface area contributed by atoms with Gasteiger partial charge in [0, 0.05) is 35.1 Å². The Labute approximate surface area is 202 Å². The third-order valence-corrected chi connectivity index (χ3v) is 6.38. The maximum atomic E-state index is 13.3. The summed E-state index contributed by atoms with van der Waals surface area (Å²) in [5, 5.41) is 5.07. The summed E-state index contributed by atoms with van der Waals surface area (Å²) in [4.78, 5) is 20.3. The molecule has 0 atom stereocenters. The molecule has 4 rings (SSSR count). The zero-order valence-corrected chi connectivity index (χ0v) is 21.1. The van der Waals surface area contributed by atoms with Gasteiger partial charge in [0.05, 0.1) is 37.0 Å². The number of nitrogens with zero attached hydrogens (tertiary/aromatic N) is 4. The molecule has 0 radical (unpaired) electrons. The van der Waals surface area contributed by atoms with E-state index in [0.29, 0.717) is 22.5 Å². The van der Waals surface area contributed by atoms with Crippen molar-refractivity contribution in [1.29, 1.82) is 0 Å². The molecule has 1 aliphatic heterocycles. The van der Waals surface area contributed by atoms with E-state index in [-0.39, 0.29) is 11.5 Å². The fourth-order valence-corrected chi connectivity index (χ4v) is 4.52. The summed E-state index contributed by atoms with van der Waals surface area (Å²) in [5.41, 5.74) is 2.19. The Morgan fingerprint density at radius 2 is 1.79 bits per heavy atom. The first kappa shape index (κ1) is 23.3. The van der Waals surface area contributed by atoms with Crippen molar-refractivity contribution < 1.29 is 9.47 Å². The number of piperidine rings is 1.